The number of hydrogen-bond donors (Lipinski definition) is 0. The normalized spacial score (nSPS) is 13.4. The fourth-order valence-electron chi connectivity index (χ4n) is 3.42. The van der Waals surface area contributed by atoms with Gasteiger partial charge in [-0.25, -0.2) is 27.2 Å². The Morgan fingerprint density at radius 3 is 2.41 bits per heavy atom. The Hall–Kier alpha value is -3.09. The molecule has 32 heavy (non-hydrogen) atoms. The Kier molecular flexibility index (Phi) is 4.81. The van der Waals surface area contributed by atoms with Gasteiger partial charge in [0.1, 0.15) is 11.0 Å². The Balaban J connectivity index is 2.10. The summed E-state index contributed by atoms with van der Waals surface area (Å²) in [5, 5.41) is 3.70. The minimum absolute atomic E-state index is 0.0356. The summed E-state index contributed by atoms with van der Waals surface area (Å²) in [4.78, 5) is 7.89. The first kappa shape index (κ1) is 22.1. The molecule has 0 bridgehead atoms. The Labute approximate surface area is 178 Å². The minimum Gasteiger partial charge on any atom is -0.296 e. The van der Waals surface area contributed by atoms with E-state index in [1.165, 1.54) is 30.7 Å². The number of nitrogens with zero attached hydrogens (tertiary/aromatic N) is 5. The number of pyridine rings is 1. The van der Waals surface area contributed by atoms with Crippen molar-refractivity contribution in [1.82, 2.24) is 24.3 Å². The molecule has 1 aromatic carbocycles. The lowest BCUT2D eigenvalue weighted by Gasteiger charge is -2.10. The highest BCUT2D eigenvalue weighted by Crippen LogP contribution is 2.36. The van der Waals surface area contributed by atoms with E-state index < -0.39 is 33.1 Å². The van der Waals surface area contributed by atoms with E-state index in [0.717, 1.165) is 16.8 Å². The van der Waals surface area contributed by atoms with E-state index in [-0.39, 0.29) is 38.8 Å². The fourth-order valence-corrected chi connectivity index (χ4v) is 4.58. The van der Waals surface area contributed by atoms with Crippen molar-refractivity contribution in [1.29, 1.82) is 0 Å². The second-order valence-corrected chi connectivity index (χ2v) is 9.44. The molecule has 4 aromatic rings. The van der Waals surface area contributed by atoms with Crippen LogP contribution in [0.25, 0.3) is 28.0 Å². The molecule has 3 heterocycles. The van der Waals surface area contributed by atoms with Gasteiger partial charge >= 0.3 is 6.18 Å². The van der Waals surface area contributed by atoms with Crippen LogP contribution in [-0.2, 0) is 29.0 Å². The molecule has 4 rings (SSSR count). The molecule has 0 N–H and O–H groups in total. The van der Waals surface area contributed by atoms with Gasteiger partial charge in [-0.05, 0) is 12.1 Å². The molecule has 0 radical (unpaired) electrons. The summed E-state index contributed by atoms with van der Waals surface area (Å²) in [5.41, 5.74) is -1.89. The van der Waals surface area contributed by atoms with Crippen molar-refractivity contribution < 1.29 is 30.4 Å². The Morgan fingerprint density at radius 2 is 1.81 bits per heavy atom. The second kappa shape index (κ2) is 6.95. The lowest BCUT2D eigenvalue weighted by atomic mass is 10.1. The predicted molar refractivity (Wildman–Crippen MR) is 105 cm³/mol. The number of fused-ring (bicyclic) bond motifs is 2. The topological polar surface area (TPSA) is 82.7 Å². The zero-order chi connectivity index (χ0) is 23.6. The molecule has 0 aliphatic rings. The lowest BCUT2D eigenvalue weighted by Crippen LogP contribution is -2.14. The van der Waals surface area contributed by atoms with Gasteiger partial charge in [0.15, 0.2) is 20.5 Å². The van der Waals surface area contributed by atoms with E-state index in [9.17, 15) is 30.4 Å². The summed E-state index contributed by atoms with van der Waals surface area (Å²) >= 11 is 0. The zero-order valence-electron chi connectivity index (χ0n) is 16.9. The molecule has 170 valence electrons. The third-order valence-electron chi connectivity index (χ3n) is 5.01. The second-order valence-electron chi connectivity index (χ2n) is 7.25. The zero-order valence-corrected chi connectivity index (χ0v) is 17.8. The summed E-state index contributed by atoms with van der Waals surface area (Å²) in [6.07, 6.45) is -4.02. The molecule has 0 unspecified atom stereocenters. The number of hydrogen-bond acceptors (Lipinski definition) is 5. The van der Waals surface area contributed by atoms with Crippen molar-refractivity contribution in [3.63, 3.8) is 0 Å². The highest BCUT2D eigenvalue weighted by Gasteiger charge is 2.34. The van der Waals surface area contributed by atoms with E-state index in [0.29, 0.717) is 13.1 Å². The summed E-state index contributed by atoms with van der Waals surface area (Å²) in [7, 11) is -2.59. The molecular formula is C19H16F5N5O2S. The molecule has 0 saturated heterocycles. The number of sulfone groups is 1. The molecule has 0 atom stereocenters. The summed E-state index contributed by atoms with van der Waals surface area (Å²) in [6.45, 7) is 2.04. The molecular weight excluding hydrogens is 457 g/mol. The monoisotopic (exact) mass is 473 g/mol. The van der Waals surface area contributed by atoms with Crippen LogP contribution in [0.5, 0.6) is 0 Å². The predicted octanol–water partition coefficient (Wildman–Crippen LogP) is 4.23. The van der Waals surface area contributed by atoms with E-state index in [1.807, 2.05) is 0 Å². The standard InChI is InChI=1S/C19H16F5N5O2S/c1-4-32(30,31)16-11-6-5-7-12(18(2,20)21)14(11)27-29(16)17-26-13-8-10(19(22,23)24)9-25-15(13)28(17)3/h5-9H,4H2,1-3H3. The molecule has 3 aromatic heterocycles. The number of benzene rings is 1. The molecule has 7 nitrogen and oxygen atoms in total. The van der Waals surface area contributed by atoms with Gasteiger partial charge in [-0.15, -0.1) is 0 Å². The number of rotatable bonds is 4. The summed E-state index contributed by atoms with van der Waals surface area (Å²) in [6, 6.07) is 4.55. The number of aromatic nitrogens is 5. The van der Waals surface area contributed by atoms with Crippen molar-refractivity contribution in [2.75, 3.05) is 5.75 Å². The number of imidazole rings is 1. The minimum atomic E-state index is -4.66. The van der Waals surface area contributed by atoms with Crippen molar-refractivity contribution in [3.8, 4) is 5.95 Å². The van der Waals surface area contributed by atoms with Gasteiger partial charge in [0.05, 0.1) is 11.3 Å². The molecule has 0 saturated carbocycles. The summed E-state index contributed by atoms with van der Waals surface area (Å²) < 4.78 is 95.4. The molecule has 0 fully saturated rings. The Morgan fingerprint density at radius 1 is 1.12 bits per heavy atom. The van der Waals surface area contributed by atoms with Crippen LogP contribution in [0.3, 0.4) is 0 Å². The van der Waals surface area contributed by atoms with E-state index in [2.05, 4.69) is 15.1 Å². The molecule has 0 spiro atoms. The van der Waals surface area contributed by atoms with Crippen LogP contribution in [0, 0.1) is 0 Å². The largest absolute Gasteiger partial charge is 0.417 e. The van der Waals surface area contributed by atoms with Gasteiger partial charge in [-0.1, -0.05) is 19.1 Å². The summed E-state index contributed by atoms with van der Waals surface area (Å²) in [5.74, 6) is -3.86. The number of alkyl halides is 5. The van der Waals surface area contributed by atoms with E-state index in [4.69, 9.17) is 0 Å². The molecule has 0 aliphatic carbocycles. The highest BCUT2D eigenvalue weighted by molar-refractivity contribution is 7.91. The molecule has 0 aliphatic heterocycles. The van der Waals surface area contributed by atoms with E-state index >= 15 is 0 Å². The molecule has 13 heteroatoms. The van der Waals surface area contributed by atoms with Crippen LogP contribution in [-0.4, -0.2) is 38.5 Å². The van der Waals surface area contributed by atoms with Crippen molar-refractivity contribution in [2.24, 2.45) is 7.05 Å². The third-order valence-corrected chi connectivity index (χ3v) is 6.75. The first-order valence-electron chi connectivity index (χ1n) is 9.28. The third kappa shape index (κ3) is 3.40. The van der Waals surface area contributed by atoms with Crippen molar-refractivity contribution in [2.45, 2.75) is 31.0 Å². The van der Waals surface area contributed by atoms with Crippen LogP contribution >= 0.6 is 0 Å². The lowest BCUT2D eigenvalue weighted by molar-refractivity contribution is -0.137. The number of aryl methyl sites for hydroxylation is 1. The van der Waals surface area contributed by atoms with Crippen molar-refractivity contribution in [3.05, 3.63) is 41.6 Å². The molecule has 0 amide bonds. The van der Waals surface area contributed by atoms with Crippen molar-refractivity contribution >= 4 is 31.9 Å². The maximum absolute atomic E-state index is 14.2. The van der Waals surface area contributed by atoms with Gasteiger partial charge in [-0.3, -0.25) is 4.57 Å². The SMILES string of the molecule is CCS(=O)(=O)c1c2cccc(C(C)(F)F)c2nn1-c1nc2cc(C(F)(F)F)cnc2n1C. The highest BCUT2D eigenvalue weighted by atomic mass is 32.2. The first-order valence-corrected chi connectivity index (χ1v) is 10.9. The number of halogens is 5. The van der Waals surface area contributed by atoms with Crippen LogP contribution in [0.15, 0.2) is 35.5 Å². The average Bonchev–Trinajstić information content (AvgIpc) is 3.24. The first-order chi connectivity index (χ1) is 14.8. The van der Waals surface area contributed by atoms with Gasteiger partial charge < -0.3 is 0 Å². The fraction of sp³-hybridized carbons (Fsp3) is 0.316. The van der Waals surface area contributed by atoms with Gasteiger partial charge in [0.25, 0.3) is 5.92 Å². The van der Waals surface area contributed by atoms with Crippen LogP contribution in [0.4, 0.5) is 22.0 Å². The average molecular weight is 473 g/mol. The smallest absolute Gasteiger partial charge is 0.296 e. The quantitative estimate of drug-likeness (QED) is 0.415. The van der Waals surface area contributed by atoms with Crippen LogP contribution in [0.2, 0.25) is 0 Å². The van der Waals surface area contributed by atoms with Gasteiger partial charge in [-0.2, -0.15) is 23.0 Å². The van der Waals surface area contributed by atoms with Crippen LogP contribution < -0.4 is 0 Å². The van der Waals surface area contributed by atoms with Gasteiger partial charge in [0, 0.05) is 31.1 Å². The maximum Gasteiger partial charge on any atom is 0.417 e. The van der Waals surface area contributed by atoms with E-state index in [1.54, 1.807) is 0 Å². The Bertz CT molecular complexity index is 1470. The van der Waals surface area contributed by atoms with Gasteiger partial charge in [0.2, 0.25) is 5.95 Å². The maximum atomic E-state index is 14.2. The van der Waals surface area contributed by atoms with Crippen LogP contribution in [0.1, 0.15) is 25.0 Å².